The maximum Gasteiger partial charge on any atom is 0.219 e. The summed E-state index contributed by atoms with van der Waals surface area (Å²) in [4.78, 5) is 12.8. The molecule has 0 unspecified atom stereocenters. The predicted molar refractivity (Wildman–Crippen MR) is 51.4 cm³/mol. The van der Waals surface area contributed by atoms with Crippen molar-refractivity contribution in [3.63, 3.8) is 0 Å². The number of amides is 1. The van der Waals surface area contributed by atoms with Crippen molar-refractivity contribution in [1.29, 1.82) is 0 Å². The number of likely N-dealkylation sites (tertiary alicyclic amines) is 1. The molecule has 1 fully saturated rings. The highest BCUT2D eigenvalue weighted by molar-refractivity contribution is 5.74. The third-order valence-corrected chi connectivity index (χ3v) is 3.10. The normalized spacial score (nSPS) is 21.2. The molecule has 1 aliphatic heterocycles. The van der Waals surface area contributed by atoms with E-state index in [2.05, 4.69) is 20.8 Å². The molecule has 1 saturated heterocycles. The Balaban J connectivity index is 2.66. The molecule has 0 N–H and O–H groups in total. The number of nitrogens with zero attached hydrogens (tertiary/aromatic N) is 1. The summed E-state index contributed by atoms with van der Waals surface area (Å²) < 4.78 is 5.52. The molecule has 1 amide bonds. The third-order valence-electron chi connectivity index (χ3n) is 3.10. The Morgan fingerprint density at radius 3 is 2.08 bits per heavy atom. The van der Waals surface area contributed by atoms with Gasteiger partial charge in [-0.1, -0.05) is 20.8 Å². The van der Waals surface area contributed by atoms with Crippen molar-refractivity contribution >= 4 is 5.91 Å². The van der Waals surface area contributed by atoms with E-state index in [1.165, 1.54) is 0 Å². The number of ether oxygens (including phenoxy) is 1. The van der Waals surface area contributed by atoms with E-state index < -0.39 is 0 Å². The van der Waals surface area contributed by atoms with Crippen LogP contribution in [0.15, 0.2) is 0 Å². The van der Waals surface area contributed by atoms with Gasteiger partial charge in [-0.05, 0) is 5.41 Å². The Hall–Kier alpha value is -0.570. The van der Waals surface area contributed by atoms with Crippen LogP contribution in [0.4, 0.5) is 0 Å². The first-order valence-corrected chi connectivity index (χ1v) is 4.63. The lowest BCUT2D eigenvalue weighted by atomic mass is 9.71. The summed E-state index contributed by atoms with van der Waals surface area (Å²) in [6, 6.07) is 0. The van der Waals surface area contributed by atoms with Crippen LogP contribution in [-0.4, -0.2) is 36.6 Å². The highest BCUT2D eigenvalue weighted by Gasteiger charge is 2.52. The van der Waals surface area contributed by atoms with Gasteiger partial charge >= 0.3 is 0 Å². The summed E-state index contributed by atoms with van der Waals surface area (Å²) in [5.74, 6) is 0.136. The maximum atomic E-state index is 11.0. The average Bonchev–Trinajstić information content (AvgIpc) is 1.81. The van der Waals surface area contributed by atoms with Gasteiger partial charge in [-0.25, -0.2) is 0 Å². The summed E-state index contributed by atoms with van der Waals surface area (Å²) in [6.07, 6.45) is 0. The summed E-state index contributed by atoms with van der Waals surface area (Å²) in [6.45, 7) is 9.49. The van der Waals surface area contributed by atoms with Gasteiger partial charge in [-0.2, -0.15) is 0 Å². The summed E-state index contributed by atoms with van der Waals surface area (Å²) in [7, 11) is 1.72. The van der Waals surface area contributed by atoms with Gasteiger partial charge in [-0.15, -0.1) is 0 Å². The number of carbonyl (C=O) groups is 1. The number of carbonyl (C=O) groups excluding carboxylic acids is 1. The minimum atomic E-state index is -0.140. The Bertz CT molecular complexity index is 211. The van der Waals surface area contributed by atoms with Crippen LogP contribution in [0.2, 0.25) is 0 Å². The average molecular weight is 185 g/mol. The van der Waals surface area contributed by atoms with Gasteiger partial charge in [0.15, 0.2) is 0 Å². The predicted octanol–water partition coefficient (Wildman–Crippen LogP) is 1.28. The minimum absolute atomic E-state index is 0.0910. The zero-order valence-electron chi connectivity index (χ0n) is 9.18. The van der Waals surface area contributed by atoms with Crippen molar-refractivity contribution in [2.75, 3.05) is 20.2 Å². The van der Waals surface area contributed by atoms with Crippen LogP contribution in [0.3, 0.4) is 0 Å². The Morgan fingerprint density at radius 1 is 1.38 bits per heavy atom. The number of hydrogen-bond acceptors (Lipinski definition) is 2. The summed E-state index contributed by atoms with van der Waals surface area (Å²) in [5, 5.41) is 0. The fraction of sp³-hybridized carbons (Fsp3) is 0.900. The molecule has 0 spiro atoms. The molecule has 1 heterocycles. The minimum Gasteiger partial charge on any atom is -0.374 e. The zero-order valence-corrected chi connectivity index (χ0v) is 9.18. The molecule has 0 aromatic heterocycles. The number of methoxy groups -OCH3 is 1. The second kappa shape index (κ2) is 2.98. The molecule has 0 saturated carbocycles. The smallest absolute Gasteiger partial charge is 0.219 e. The highest BCUT2D eigenvalue weighted by atomic mass is 16.5. The number of hydrogen-bond donors (Lipinski definition) is 0. The third kappa shape index (κ3) is 1.57. The lowest BCUT2D eigenvalue weighted by Crippen LogP contribution is -2.69. The Labute approximate surface area is 80.1 Å². The molecule has 0 atom stereocenters. The van der Waals surface area contributed by atoms with E-state index in [1.54, 1.807) is 14.0 Å². The monoisotopic (exact) mass is 185 g/mol. The van der Waals surface area contributed by atoms with Crippen molar-refractivity contribution in [3.8, 4) is 0 Å². The van der Waals surface area contributed by atoms with Gasteiger partial charge in [0.2, 0.25) is 5.91 Å². The van der Waals surface area contributed by atoms with E-state index in [4.69, 9.17) is 4.74 Å². The van der Waals surface area contributed by atoms with Gasteiger partial charge in [-0.3, -0.25) is 4.79 Å². The Kier molecular flexibility index (Phi) is 2.41. The van der Waals surface area contributed by atoms with Crippen LogP contribution in [0.5, 0.6) is 0 Å². The van der Waals surface area contributed by atoms with Crippen LogP contribution >= 0.6 is 0 Å². The van der Waals surface area contributed by atoms with Crippen LogP contribution in [0, 0.1) is 5.41 Å². The lowest BCUT2D eigenvalue weighted by molar-refractivity contribution is -0.190. The quantitative estimate of drug-likeness (QED) is 0.616. The summed E-state index contributed by atoms with van der Waals surface area (Å²) in [5.41, 5.74) is -0.0492. The molecule has 0 aromatic rings. The van der Waals surface area contributed by atoms with E-state index in [9.17, 15) is 4.79 Å². The van der Waals surface area contributed by atoms with Gasteiger partial charge in [0, 0.05) is 14.0 Å². The van der Waals surface area contributed by atoms with Gasteiger partial charge < -0.3 is 9.64 Å². The van der Waals surface area contributed by atoms with E-state index >= 15 is 0 Å². The van der Waals surface area contributed by atoms with Crippen molar-refractivity contribution < 1.29 is 9.53 Å². The van der Waals surface area contributed by atoms with Crippen molar-refractivity contribution in [2.45, 2.75) is 33.3 Å². The molecule has 13 heavy (non-hydrogen) atoms. The second-order valence-corrected chi connectivity index (χ2v) is 4.82. The largest absolute Gasteiger partial charge is 0.374 e. The van der Waals surface area contributed by atoms with Crippen molar-refractivity contribution in [3.05, 3.63) is 0 Å². The van der Waals surface area contributed by atoms with Crippen molar-refractivity contribution in [1.82, 2.24) is 4.90 Å². The van der Waals surface area contributed by atoms with E-state index in [0.29, 0.717) is 0 Å². The van der Waals surface area contributed by atoms with Gasteiger partial charge in [0.1, 0.15) is 5.60 Å². The SMILES string of the molecule is COC1(C(C)(C)C)CN(C(C)=O)C1. The molecule has 3 heteroatoms. The van der Waals surface area contributed by atoms with E-state index in [0.717, 1.165) is 13.1 Å². The number of rotatable bonds is 1. The molecular formula is C10H19NO2. The van der Waals surface area contributed by atoms with Crippen LogP contribution in [0.1, 0.15) is 27.7 Å². The second-order valence-electron chi connectivity index (χ2n) is 4.82. The topological polar surface area (TPSA) is 29.5 Å². The molecule has 0 radical (unpaired) electrons. The van der Waals surface area contributed by atoms with Crippen LogP contribution in [-0.2, 0) is 9.53 Å². The van der Waals surface area contributed by atoms with Crippen LogP contribution in [0.25, 0.3) is 0 Å². The van der Waals surface area contributed by atoms with Crippen molar-refractivity contribution in [2.24, 2.45) is 5.41 Å². The molecule has 1 aliphatic rings. The standard InChI is InChI=1S/C10H19NO2/c1-8(12)11-6-10(7-11,13-5)9(2,3)4/h6-7H2,1-5H3. The van der Waals surface area contributed by atoms with E-state index in [-0.39, 0.29) is 16.9 Å². The molecule has 76 valence electrons. The molecule has 1 rings (SSSR count). The fourth-order valence-corrected chi connectivity index (χ4v) is 1.70. The Morgan fingerprint density at radius 2 is 1.85 bits per heavy atom. The first-order valence-electron chi connectivity index (χ1n) is 4.63. The highest BCUT2D eigenvalue weighted by Crippen LogP contribution is 2.40. The van der Waals surface area contributed by atoms with E-state index in [1.807, 2.05) is 4.90 Å². The zero-order chi connectivity index (χ0) is 10.3. The van der Waals surface area contributed by atoms with Crippen LogP contribution < -0.4 is 0 Å². The maximum absolute atomic E-state index is 11.0. The molecule has 3 nitrogen and oxygen atoms in total. The molecular weight excluding hydrogens is 166 g/mol. The lowest BCUT2D eigenvalue weighted by Gasteiger charge is -2.55. The summed E-state index contributed by atoms with van der Waals surface area (Å²) >= 11 is 0. The van der Waals surface area contributed by atoms with Gasteiger partial charge in [0.25, 0.3) is 0 Å². The van der Waals surface area contributed by atoms with Gasteiger partial charge in [0.05, 0.1) is 13.1 Å². The fourth-order valence-electron chi connectivity index (χ4n) is 1.70. The molecule has 0 aromatic carbocycles. The first-order chi connectivity index (χ1) is 5.82. The molecule has 0 bridgehead atoms. The molecule has 0 aliphatic carbocycles. The first kappa shape index (κ1) is 10.5.